The van der Waals surface area contributed by atoms with Gasteiger partial charge in [-0.3, -0.25) is 4.79 Å². The lowest BCUT2D eigenvalue weighted by atomic mass is 10.1. The minimum absolute atomic E-state index is 0.0973. The number of carbonyl (C=O) groups is 1. The molecule has 0 aliphatic carbocycles. The Kier molecular flexibility index (Phi) is 6.59. The van der Waals surface area contributed by atoms with Gasteiger partial charge < -0.3 is 14.7 Å². The molecule has 0 saturated carbocycles. The molecule has 0 radical (unpaired) electrons. The van der Waals surface area contributed by atoms with Crippen LogP contribution in [0.15, 0.2) is 41.3 Å². The highest BCUT2D eigenvalue weighted by atomic mass is 32.2. The maximum Gasteiger partial charge on any atom is 0.416 e. The molecule has 0 atom stereocenters. The first kappa shape index (κ1) is 24.4. The number of amides is 1. The van der Waals surface area contributed by atoms with Crippen LogP contribution < -0.4 is 9.80 Å². The Bertz CT molecular complexity index is 1180. The number of benzene rings is 2. The molecule has 4 rings (SSSR count). The molecule has 2 saturated heterocycles. The highest BCUT2D eigenvalue weighted by molar-refractivity contribution is 8.27. The second-order valence-corrected chi connectivity index (χ2v) is 12.1. The quantitative estimate of drug-likeness (QED) is 0.438. The van der Waals surface area contributed by atoms with Crippen molar-refractivity contribution in [2.75, 3.05) is 55.3 Å². The summed E-state index contributed by atoms with van der Waals surface area (Å²) < 4.78 is 53.0. The zero-order chi connectivity index (χ0) is 24.7. The minimum Gasteiger partial charge on any atom is -0.371 e. The Morgan fingerprint density at radius 1 is 0.882 bits per heavy atom. The standard InChI is InChI=1S/C25H29F4N3OS/c1-34(2,3)19-7-9-22(30-10-4-5-11-30)20(17-19)24(33)32-14-12-31(13-15-32)23-8-6-18(16-21(23)26)25(27,28)29/h6-9,16-17H,1-2,4-5,10-15H2,3H3. The van der Waals surface area contributed by atoms with Gasteiger partial charge in [-0.1, -0.05) is 11.7 Å². The van der Waals surface area contributed by atoms with E-state index in [-0.39, 0.29) is 11.6 Å². The van der Waals surface area contributed by atoms with E-state index in [1.54, 1.807) is 9.80 Å². The third-order valence-corrected chi connectivity index (χ3v) is 7.79. The zero-order valence-electron chi connectivity index (χ0n) is 19.2. The Morgan fingerprint density at radius 3 is 2.03 bits per heavy atom. The van der Waals surface area contributed by atoms with Crippen molar-refractivity contribution in [1.82, 2.24) is 4.90 Å². The molecule has 184 valence electrons. The first-order valence-electron chi connectivity index (χ1n) is 11.2. The summed E-state index contributed by atoms with van der Waals surface area (Å²) >= 11 is 0. The Balaban J connectivity index is 1.53. The third kappa shape index (κ3) is 5.04. The van der Waals surface area contributed by atoms with Crippen LogP contribution in [0, 0.1) is 5.82 Å². The third-order valence-electron chi connectivity index (χ3n) is 6.40. The van der Waals surface area contributed by atoms with Gasteiger partial charge in [0.2, 0.25) is 0 Å². The van der Waals surface area contributed by atoms with Crippen LogP contribution in [0.5, 0.6) is 0 Å². The average Bonchev–Trinajstić information content (AvgIpc) is 3.32. The molecule has 0 bridgehead atoms. The molecule has 9 heteroatoms. The maximum atomic E-state index is 14.4. The molecule has 2 aromatic carbocycles. The number of alkyl halides is 3. The van der Waals surface area contributed by atoms with Gasteiger partial charge in [0.15, 0.2) is 0 Å². The van der Waals surface area contributed by atoms with Gasteiger partial charge in [-0.05, 0) is 60.4 Å². The Morgan fingerprint density at radius 2 is 1.47 bits per heavy atom. The van der Waals surface area contributed by atoms with E-state index in [9.17, 15) is 22.4 Å². The van der Waals surface area contributed by atoms with Crippen LogP contribution >= 0.6 is 9.21 Å². The van der Waals surface area contributed by atoms with Crippen LogP contribution in [0.4, 0.5) is 28.9 Å². The van der Waals surface area contributed by atoms with Crippen molar-refractivity contribution in [1.29, 1.82) is 0 Å². The van der Waals surface area contributed by atoms with Crippen LogP contribution in [0.2, 0.25) is 0 Å². The van der Waals surface area contributed by atoms with Crippen LogP contribution in [0.25, 0.3) is 0 Å². The summed E-state index contributed by atoms with van der Waals surface area (Å²) in [7, 11) is -1.51. The summed E-state index contributed by atoms with van der Waals surface area (Å²) in [4.78, 5) is 20.2. The predicted octanol–water partition coefficient (Wildman–Crippen LogP) is 5.06. The van der Waals surface area contributed by atoms with Crippen molar-refractivity contribution in [2.45, 2.75) is 23.9 Å². The molecule has 2 aromatic rings. The predicted molar refractivity (Wildman–Crippen MR) is 133 cm³/mol. The highest BCUT2D eigenvalue weighted by Crippen LogP contribution is 2.35. The molecule has 1 amide bonds. The molecule has 0 aromatic heterocycles. The summed E-state index contributed by atoms with van der Waals surface area (Å²) in [6.45, 7) is 3.17. The molecule has 0 N–H and O–H groups in total. The first-order valence-corrected chi connectivity index (χ1v) is 13.6. The minimum atomic E-state index is -4.59. The fourth-order valence-electron chi connectivity index (χ4n) is 4.49. The molecule has 2 fully saturated rings. The number of rotatable bonds is 4. The van der Waals surface area contributed by atoms with Gasteiger partial charge in [0.1, 0.15) is 5.82 Å². The van der Waals surface area contributed by atoms with Crippen molar-refractivity contribution < 1.29 is 22.4 Å². The van der Waals surface area contributed by atoms with Crippen LogP contribution in [0.3, 0.4) is 0 Å². The molecular weight excluding hydrogens is 466 g/mol. The highest BCUT2D eigenvalue weighted by Gasteiger charge is 2.32. The number of hydrogen-bond donors (Lipinski definition) is 0. The first-order chi connectivity index (χ1) is 15.9. The van der Waals surface area contributed by atoms with Gasteiger partial charge in [0.25, 0.3) is 5.91 Å². The molecule has 2 aliphatic rings. The molecular formula is C25H29F4N3OS. The zero-order valence-corrected chi connectivity index (χ0v) is 20.0. The smallest absolute Gasteiger partial charge is 0.371 e. The summed E-state index contributed by atoms with van der Waals surface area (Å²) in [5.41, 5.74) is 0.640. The number of halogens is 4. The van der Waals surface area contributed by atoms with Gasteiger partial charge in [0, 0.05) is 45.0 Å². The van der Waals surface area contributed by atoms with Gasteiger partial charge in [-0.2, -0.15) is 22.4 Å². The lowest BCUT2D eigenvalue weighted by molar-refractivity contribution is -0.137. The van der Waals surface area contributed by atoms with E-state index in [1.165, 1.54) is 0 Å². The van der Waals surface area contributed by atoms with Crippen LogP contribution in [-0.2, 0) is 6.18 Å². The normalized spacial score (nSPS) is 17.4. The van der Waals surface area contributed by atoms with Gasteiger partial charge in [0.05, 0.1) is 16.8 Å². The number of carbonyl (C=O) groups excluding carboxylic acids is 1. The second-order valence-electron chi connectivity index (χ2n) is 9.09. The van der Waals surface area contributed by atoms with E-state index in [0.717, 1.165) is 48.6 Å². The van der Waals surface area contributed by atoms with Crippen molar-refractivity contribution in [3.8, 4) is 0 Å². The molecule has 0 spiro atoms. The number of nitrogens with zero attached hydrogens (tertiary/aromatic N) is 3. The number of piperazine rings is 1. The fraction of sp³-hybridized carbons (Fsp3) is 0.400. The van der Waals surface area contributed by atoms with Crippen LogP contribution in [0.1, 0.15) is 28.8 Å². The molecule has 2 aliphatic heterocycles. The van der Waals surface area contributed by atoms with E-state index >= 15 is 0 Å². The maximum absolute atomic E-state index is 14.4. The van der Waals surface area contributed by atoms with E-state index < -0.39 is 26.8 Å². The summed E-state index contributed by atoms with van der Waals surface area (Å²) in [5, 5.41) is 0. The molecule has 4 nitrogen and oxygen atoms in total. The largest absolute Gasteiger partial charge is 0.416 e. The van der Waals surface area contributed by atoms with E-state index in [2.05, 4.69) is 16.6 Å². The Hall–Kier alpha value is -2.68. The van der Waals surface area contributed by atoms with Crippen LogP contribution in [-0.4, -0.2) is 68.1 Å². The molecule has 34 heavy (non-hydrogen) atoms. The van der Waals surface area contributed by atoms with Crippen molar-refractivity contribution in [2.24, 2.45) is 0 Å². The van der Waals surface area contributed by atoms with E-state index in [1.807, 2.05) is 24.5 Å². The summed E-state index contributed by atoms with van der Waals surface area (Å²) in [6.07, 6.45) is -0.448. The monoisotopic (exact) mass is 495 g/mol. The van der Waals surface area contributed by atoms with Gasteiger partial charge in [-0.15, -0.1) is 0 Å². The van der Waals surface area contributed by atoms with Gasteiger partial charge in [-0.25, -0.2) is 4.39 Å². The fourth-order valence-corrected chi connectivity index (χ4v) is 5.29. The average molecular weight is 496 g/mol. The summed E-state index contributed by atoms with van der Waals surface area (Å²) in [5.74, 6) is 7.34. The second kappa shape index (κ2) is 9.17. The number of hydrogen-bond acceptors (Lipinski definition) is 3. The van der Waals surface area contributed by atoms with Crippen molar-refractivity contribution in [3.05, 3.63) is 53.3 Å². The summed E-state index contributed by atoms with van der Waals surface area (Å²) in [6, 6.07) is 8.48. The molecule has 2 heterocycles. The lowest BCUT2D eigenvalue weighted by Crippen LogP contribution is -2.49. The van der Waals surface area contributed by atoms with E-state index in [0.29, 0.717) is 37.8 Å². The number of anilines is 2. The van der Waals surface area contributed by atoms with Crippen molar-refractivity contribution in [3.63, 3.8) is 0 Å². The SMILES string of the molecule is C=S(=C)(C)c1ccc(N2CCCC2)c(C(=O)N2CCN(c3ccc(C(F)(F)F)cc3F)CC2)c1. The lowest BCUT2D eigenvalue weighted by Gasteiger charge is -2.37. The Labute approximate surface area is 198 Å². The van der Waals surface area contributed by atoms with Crippen molar-refractivity contribution >= 4 is 38.2 Å². The molecule has 0 unspecified atom stereocenters. The topological polar surface area (TPSA) is 26.8 Å². The van der Waals surface area contributed by atoms with E-state index in [4.69, 9.17) is 0 Å². The van der Waals surface area contributed by atoms with Gasteiger partial charge >= 0.3 is 6.18 Å².